The zero-order chi connectivity index (χ0) is 32.3. The first kappa shape index (κ1) is 33.4. The van der Waals surface area contributed by atoms with E-state index in [9.17, 15) is 10.2 Å². The van der Waals surface area contributed by atoms with Gasteiger partial charge in [-0.3, -0.25) is 0 Å². The fraction of sp³-hybridized carbons (Fsp3) is 0.368. The van der Waals surface area contributed by atoms with Crippen molar-refractivity contribution in [3.8, 4) is 0 Å². The van der Waals surface area contributed by atoms with Crippen molar-refractivity contribution in [1.29, 1.82) is 0 Å². The first-order chi connectivity index (χ1) is 23.1. The van der Waals surface area contributed by atoms with Crippen LogP contribution in [0, 0.1) is 0 Å². The molecule has 0 amide bonds. The summed E-state index contributed by atoms with van der Waals surface area (Å²) in [5.74, 6) is 0. The fourth-order valence-corrected chi connectivity index (χ4v) is 5.64. The van der Waals surface area contributed by atoms with Gasteiger partial charge >= 0.3 is 0 Å². The lowest BCUT2D eigenvalue weighted by atomic mass is 10.00. The Labute approximate surface area is 275 Å². The third-order valence-electron chi connectivity index (χ3n) is 8.29. The van der Waals surface area contributed by atoms with Crippen LogP contribution in [-0.2, 0) is 59.6 Å². The van der Waals surface area contributed by atoms with Crippen molar-refractivity contribution in [2.24, 2.45) is 0 Å². The fourth-order valence-electron chi connectivity index (χ4n) is 5.64. The Morgan fingerprint density at radius 3 is 1.62 bits per heavy atom. The van der Waals surface area contributed by atoms with E-state index in [-0.39, 0.29) is 33.0 Å². The molecular formula is C38H42O9. The second kappa shape index (κ2) is 16.6. The van der Waals surface area contributed by atoms with Gasteiger partial charge in [0.2, 0.25) is 0 Å². The minimum absolute atomic E-state index is 0.138. The summed E-state index contributed by atoms with van der Waals surface area (Å²) in [4.78, 5) is 0. The molecule has 2 fully saturated rings. The molecule has 0 aromatic heterocycles. The third-order valence-corrected chi connectivity index (χ3v) is 8.29. The Balaban J connectivity index is 1.19. The van der Waals surface area contributed by atoms with Crippen LogP contribution in [0.3, 0.4) is 0 Å². The highest BCUT2D eigenvalue weighted by atomic mass is 16.7. The van der Waals surface area contributed by atoms with Crippen molar-refractivity contribution in [2.75, 3.05) is 19.8 Å². The normalized spacial score (nSPS) is 27.5. The maximum Gasteiger partial charge on any atom is 0.187 e. The first-order valence-electron chi connectivity index (χ1n) is 15.9. The molecule has 2 N–H and O–H groups in total. The van der Waals surface area contributed by atoms with Crippen molar-refractivity contribution < 1.29 is 43.4 Å². The van der Waals surface area contributed by atoms with Crippen molar-refractivity contribution in [2.45, 2.75) is 69.0 Å². The van der Waals surface area contributed by atoms with E-state index in [2.05, 4.69) is 0 Å². The largest absolute Gasteiger partial charge is 0.385 e. The van der Waals surface area contributed by atoms with E-state index in [1.54, 1.807) is 0 Å². The Hall–Kier alpha value is -3.48. The number of hydrogen-bond acceptors (Lipinski definition) is 9. The van der Waals surface area contributed by atoms with Crippen LogP contribution in [0.1, 0.15) is 22.3 Å². The van der Waals surface area contributed by atoms with Crippen LogP contribution in [0.25, 0.3) is 0 Å². The molecular weight excluding hydrogens is 600 g/mol. The molecule has 4 aromatic rings. The Kier molecular flexibility index (Phi) is 11.8. The summed E-state index contributed by atoms with van der Waals surface area (Å²) in [6.45, 7) is 0.983. The van der Waals surface area contributed by atoms with Crippen LogP contribution in [-0.4, -0.2) is 72.6 Å². The predicted octanol–water partition coefficient (Wildman–Crippen LogP) is 4.78. The molecule has 47 heavy (non-hydrogen) atoms. The van der Waals surface area contributed by atoms with Gasteiger partial charge in [-0.2, -0.15) is 0 Å². The maximum absolute atomic E-state index is 11.3. The van der Waals surface area contributed by atoms with Gasteiger partial charge in [0, 0.05) is 0 Å². The summed E-state index contributed by atoms with van der Waals surface area (Å²) in [5.41, 5.74) is 2.21. The molecule has 0 bridgehead atoms. The number of rotatable bonds is 15. The van der Waals surface area contributed by atoms with E-state index in [0.29, 0.717) is 13.2 Å². The summed E-state index contributed by atoms with van der Waals surface area (Å²) in [7, 11) is 0. The van der Waals surface area contributed by atoms with Gasteiger partial charge in [-0.15, -0.1) is 0 Å². The number of ether oxygens (including phenoxy) is 7. The minimum Gasteiger partial charge on any atom is -0.385 e. The van der Waals surface area contributed by atoms with Gasteiger partial charge in [0.25, 0.3) is 0 Å². The van der Waals surface area contributed by atoms with E-state index >= 15 is 0 Å². The van der Waals surface area contributed by atoms with Crippen LogP contribution < -0.4 is 0 Å². The molecule has 7 atom stereocenters. The topological polar surface area (TPSA) is 105 Å². The number of aliphatic hydroxyl groups is 2. The van der Waals surface area contributed by atoms with Gasteiger partial charge in [-0.25, -0.2) is 0 Å². The highest BCUT2D eigenvalue weighted by molar-refractivity contribution is 5.16. The molecule has 0 aliphatic carbocycles. The molecule has 4 aromatic carbocycles. The van der Waals surface area contributed by atoms with E-state index in [1.165, 1.54) is 0 Å². The van der Waals surface area contributed by atoms with E-state index in [4.69, 9.17) is 33.2 Å². The average molecular weight is 643 g/mol. The van der Waals surface area contributed by atoms with Crippen LogP contribution in [0.2, 0.25) is 0 Å². The van der Waals surface area contributed by atoms with Crippen molar-refractivity contribution in [3.63, 3.8) is 0 Å². The highest BCUT2D eigenvalue weighted by Gasteiger charge is 2.53. The zero-order valence-electron chi connectivity index (χ0n) is 26.2. The molecule has 0 radical (unpaired) electrons. The Morgan fingerprint density at radius 1 is 0.574 bits per heavy atom. The molecule has 9 nitrogen and oxygen atoms in total. The second-order valence-electron chi connectivity index (χ2n) is 11.9. The number of aliphatic hydroxyl groups excluding tert-OH is 1. The molecule has 2 saturated heterocycles. The molecule has 2 heterocycles. The standard InChI is InChI=1S/C38H42O9/c39-35-37(46-27-38(35,40)26-41-21-28-13-5-1-6-14-28)47-33-32(42-22-29-15-7-2-8-16-29)25-45-36(44-24-31-19-11-4-12-20-31)34(33)43-23-30-17-9-3-10-18-30/h1-20,32-37,39-40H,21-27H2/t32-,33+,34-,35-,36+,37-,38+/m0/s1. The van der Waals surface area contributed by atoms with Gasteiger partial charge in [0.05, 0.1) is 46.2 Å². The van der Waals surface area contributed by atoms with E-state index in [0.717, 1.165) is 22.3 Å². The third kappa shape index (κ3) is 9.11. The summed E-state index contributed by atoms with van der Waals surface area (Å²) in [6, 6.07) is 39.0. The predicted molar refractivity (Wildman–Crippen MR) is 173 cm³/mol. The lowest BCUT2D eigenvalue weighted by Gasteiger charge is -2.43. The Bertz CT molecular complexity index is 1460. The average Bonchev–Trinajstić information content (AvgIpc) is 3.40. The van der Waals surface area contributed by atoms with Crippen LogP contribution >= 0.6 is 0 Å². The minimum atomic E-state index is -1.67. The molecule has 2 aliphatic heterocycles. The molecule has 9 heteroatoms. The SMILES string of the molecule is O[C@H]1[C@H](O[C@H]2[C@H](OCc3ccccc3)[C@H](OCc3ccccc3)OC[C@@H]2OCc2ccccc2)OC[C@]1(O)COCc1ccccc1. The summed E-state index contributed by atoms with van der Waals surface area (Å²) in [5, 5.41) is 22.7. The smallest absolute Gasteiger partial charge is 0.187 e. The van der Waals surface area contributed by atoms with Crippen LogP contribution in [0.5, 0.6) is 0 Å². The monoisotopic (exact) mass is 642 g/mol. The van der Waals surface area contributed by atoms with Crippen LogP contribution in [0.15, 0.2) is 121 Å². The second-order valence-corrected chi connectivity index (χ2v) is 11.9. The van der Waals surface area contributed by atoms with Gasteiger partial charge in [0.1, 0.15) is 30.0 Å². The summed E-state index contributed by atoms with van der Waals surface area (Å²) < 4.78 is 43.6. The maximum atomic E-state index is 11.3. The quantitative estimate of drug-likeness (QED) is 0.190. The summed E-state index contributed by atoms with van der Waals surface area (Å²) >= 11 is 0. The lowest BCUT2D eigenvalue weighted by Crippen LogP contribution is -2.59. The Morgan fingerprint density at radius 2 is 1.06 bits per heavy atom. The molecule has 248 valence electrons. The van der Waals surface area contributed by atoms with Gasteiger partial charge in [-0.05, 0) is 22.3 Å². The summed E-state index contributed by atoms with van der Waals surface area (Å²) in [6.07, 6.45) is -5.55. The number of benzene rings is 4. The van der Waals surface area contributed by atoms with Crippen molar-refractivity contribution >= 4 is 0 Å². The van der Waals surface area contributed by atoms with Gasteiger partial charge in [0.15, 0.2) is 12.6 Å². The molecule has 0 unspecified atom stereocenters. The van der Waals surface area contributed by atoms with Crippen molar-refractivity contribution in [1.82, 2.24) is 0 Å². The van der Waals surface area contributed by atoms with Gasteiger partial charge < -0.3 is 43.4 Å². The van der Waals surface area contributed by atoms with E-state index < -0.39 is 42.6 Å². The van der Waals surface area contributed by atoms with Crippen LogP contribution in [0.4, 0.5) is 0 Å². The molecule has 0 spiro atoms. The molecule has 2 aliphatic rings. The molecule has 6 rings (SSSR count). The zero-order valence-corrected chi connectivity index (χ0v) is 26.2. The lowest BCUT2D eigenvalue weighted by molar-refractivity contribution is -0.324. The van der Waals surface area contributed by atoms with E-state index in [1.807, 2.05) is 121 Å². The van der Waals surface area contributed by atoms with Gasteiger partial charge in [-0.1, -0.05) is 121 Å². The first-order valence-corrected chi connectivity index (χ1v) is 15.9. The van der Waals surface area contributed by atoms with Crippen molar-refractivity contribution in [3.05, 3.63) is 144 Å². The number of hydrogen-bond donors (Lipinski definition) is 2. The highest BCUT2D eigenvalue weighted by Crippen LogP contribution is 2.33. The molecule has 0 saturated carbocycles.